The van der Waals surface area contributed by atoms with E-state index < -0.39 is 0 Å². The van der Waals surface area contributed by atoms with Crippen molar-refractivity contribution >= 4 is 34.1 Å². The summed E-state index contributed by atoms with van der Waals surface area (Å²) in [7, 11) is 1.94. The molecule has 0 radical (unpaired) electrons. The molecule has 1 N–H and O–H groups in total. The number of carbonyl (C=O) groups excluding carboxylic acids is 1. The van der Waals surface area contributed by atoms with Crippen LogP contribution in [0.3, 0.4) is 0 Å². The van der Waals surface area contributed by atoms with E-state index in [9.17, 15) is 4.79 Å². The van der Waals surface area contributed by atoms with Crippen LogP contribution in [0.5, 0.6) is 0 Å². The summed E-state index contributed by atoms with van der Waals surface area (Å²) in [5, 5.41) is 4.39. The molecule has 22 heavy (non-hydrogen) atoms. The first kappa shape index (κ1) is 14.7. The van der Waals surface area contributed by atoms with E-state index in [2.05, 4.69) is 5.32 Å². The standard InChI is InChI=1S/C18H17ClN2O/c1-11-5-7-17-13(8-11)14(10-21(17)3)18(22)20-16-6-4-12(2)9-15(16)19/h4-10H,1-3H3,(H,20,22). The Morgan fingerprint density at radius 1 is 1.09 bits per heavy atom. The van der Waals surface area contributed by atoms with Gasteiger partial charge in [0.05, 0.1) is 16.3 Å². The molecule has 0 aliphatic carbocycles. The molecule has 1 aromatic heterocycles. The van der Waals surface area contributed by atoms with Crippen LogP contribution >= 0.6 is 11.6 Å². The predicted molar refractivity (Wildman–Crippen MR) is 91.8 cm³/mol. The fourth-order valence-electron chi connectivity index (χ4n) is 2.60. The molecule has 2 aromatic carbocycles. The maximum atomic E-state index is 12.6. The topological polar surface area (TPSA) is 34.0 Å². The molecule has 112 valence electrons. The average molecular weight is 313 g/mol. The largest absolute Gasteiger partial charge is 0.350 e. The Hall–Kier alpha value is -2.26. The van der Waals surface area contributed by atoms with E-state index in [1.165, 1.54) is 0 Å². The second kappa shape index (κ2) is 5.50. The zero-order valence-corrected chi connectivity index (χ0v) is 13.5. The molecular formula is C18H17ClN2O. The fourth-order valence-corrected chi connectivity index (χ4v) is 2.88. The van der Waals surface area contributed by atoms with Gasteiger partial charge in [-0.2, -0.15) is 0 Å². The van der Waals surface area contributed by atoms with Crippen molar-refractivity contribution in [3.05, 3.63) is 64.3 Å². The molecule has 3 rings (SSSR count). The van der Waals surface area contributed by atoms with E-state index >= 15 is 0 Å². The average Bonchev–Trinajstić information content (AvgIpc) is 2.78. The highest BCUT2D eigenvalue weighted by molar-refractivity contribution is 6.34. The van der Waals surface area contributed by atoms with E-state index in [0.29, 0.717) is 16.3 Å². The Labute approximate surface area is 134 Å². The molecule has 0 fully saturated rings. The van der Waals surface area contributed by atoms with Crippen molar-refractivity contribution in [2.45, 2.75) is 13.8 Å². The van der Waals surface area contributed by atoms with Crippen LogP contribution in [0.25, 0.3) is 10.9 Å². The summed E-state index contributed by atoms with van der Waals surface area (Å²) in [6, 6.07) is 11.7. The SMILES string of the molecule is Cc1ccc(NC(=O)c2cn(C)c3ccc(C)cc23)c(Cl)c1. The molecule has 0 aliphatic rings. The Morgan fingerprint density at radius 3 is 2.50 bits per heavy atom. The van der Waals surface area contributed by atoms with E-state index in [0.717, 1.165) is 22.0 Å². The summed E-state index contributed by atoms with van der Waals surface area (Å²) in [6.45, 7) is 3.98. The van der Waals surface area contributed by atoms with Gasteiger partial charge in [0.1, 0.15) is 0 Å². The van der Waals surface area contributed by atoms with Gasteiger partial charge in [-0.1, -0.05) is 29.3 Å². The molecule has 1 amide bonds. The van der Waals surface area contributed by atoms with Crippen LogP contribution in [0.2, 0.25) is 5.02 Å². The second-order valence-corrected chi connectivity index (χ2v) is 6.02. The molecule has 0 unspecified atom stereocenters. The summed E-state index contributed by atoms with van der Waals surface area (Å²) < 4.78 is 1.96. The van der Waals surface area contributed by atoms with Crippen LogP contribution in [0.15, 0.2) is 42.6 Å². The van der Waals surface area contributed by atoms with E-state index in [4.69, 9.17) is 11.6 Å². The first-order valence-electron chi connectivity index (χ1n) is 7.09. The molecule has 0 bridgehead atoms. The highest BCUT2D eigenvalue weighted by Crippen LogP contribution is 2.26. The van der Waals surface area contributed by atoms with Gasteiger partial charge in [-0.25, -0.2) is 0 Å². The number of halogens is 1. The van der Waals surface area contributed by atoms with Gasteiger partial charge >= 0.3 is 0 Å². The maximum absolute atomic E-state index is 12.6. The summed E-state index contributed by atoms with van der Waals surface area (Å²) in [4.78, 5) is 12.6. The van der Waals surface area contributed by atoms with E-state index in [1.54, 1.807) is 0 Å². The minimum absolute atomic E-state index is 0.151. The Morgan fingerprint density at radius 2 is 1.77 bits per heavy atom. The van der Waals surface area contributed by atoms with Crippen molar-refractivity contribution < 1.29 is 4.79 Å². The van der Waals surface area contributed by atoms with Crippen LogP contribution in [0.1, 0.15) is 21.5 Å². The lowest BCUT2D eigenvalue weighted by Crippen LogP contribution is -2.11. The minimum Gasteiger partial charge on any atom is -0.350 e. The first-order valence-corrected chi connectivity index (χ1v) is 7.46. The summed E-state index contributed by atoms with van der Waals surface area (Å²) in [6.07, 6.45) is 1.85. The zero-order valence-electron chi connectivity index (χ0n) is 12.8. The van der Waals surface area contributed by atoms with Gasteiger partial charge in [0.15, 0.2) is 0 Å². The number of aromatic nitrogens is 1. The first-order chi connectivity index (χ1) is 10.5. The third-order valence-corrected chi connectivity index (χ3v) is 4.08. The third-order valence-electron chi connectivity index (χ3n) is 3.76. The smallest absolute Gasteiger partial charge is 0.257 e. The number of nitrogens with one attached hydrogen (secondary N) is 1. The maximum Gasteiger partial charge on any atom is 0.257 e. The predicted octanol–water partition coefficient (Wildman–Crippen LogP) is 4.70. The lowest BCUT2D eigenvalue weighted by Gasteiger charge is -2.07. The highest BCUT2D eigenvalue weighted by Gasteiger charge is 2.15. The number of hydrogen-bond acceptors (Lipinski definition) is 1. The van der Waals surface area contributed by atoms with Gasteiger partial charge in [0.2, 0.25) is 0 Å². The van der Waals surface area contributed by atoms with Crippen molar-refractivity contribution in [1.82, 2.24) is 4.57 Å². The Kier molecular flexibility index (Phi) is 3.67. The Bertz CT molecular complexity index is 880. The molecule has 1 heterocycles. The van der Waals surface area contributed by atoms with Crippen LogP contribution in [0, 0.1) is 13.8 Å². The molecule has 0 saturated heterocycles. The number of anilines is 1. The number of hydrogen-bond donors (Lipinski definition) is 1. The number of nitrogens with zero attached hydrogens (tertiary/aromatic N) is 1. The van der Waals surface area contributed by atoms with Crippen LogP contribution in [-0.4, -0.2) is 10.5 Å². The molecule has 0 saturated carbocycles. The van der Waals surface area contributed by atoms with Crippen molar-refractivity contribution in [2.75, 3.05) is 5.32 Å². The van der Waals surface area contributed by atoms with Gasteiger partial charge < -0.3 is 9.88 Å². The fraction of sp³-hybridized carbons (Fsp3) is 0.167. The van der Waals surface area contributed by atoms with E-state index in [-0.39, 0.29) is 5.91 Å². The van der Waals surface area contributed by atoms with Gasteiger partial charge in [-0.05, 0) is 43.7 Å². The summed E-state index contributed by atoms with van der Waals surface area (Å²) >= 11 is 6.19. The van der Waals surface area contributed by atoms with Crippen LogP contribution in [0.4, 0.5) is 5.69 Å². The van der Waals surface area contributed by atoms with Gasteiger partial charge in [0, 0.05) is 24.1 Å². The van der Waals surface area contributed by atoms with Gasteiger partial charge in [-0.3, -0.25) is 4.79 Å². The summed E-state index contributed by atoms with van der Waals surface area (Å²) in [5.41, 5.74) is 4.50. The number of carbonyl (C=O) groups is 1. The monoisotopic (exact) mass is 312 g/mol. The number of benzene rings is 2. The van der Waals surface area contributed by atoms with Crippen LogP contribution < -0.4 is 5.32 Å². The van der Waals surface area contributed by atoms with Crippen molar-refractivity contribution in [3.8, 4) is 0 Å². The number of fused-ring (bicyclic) bond motifs is 1. The number of amides is 1. The molecule has 3 aromatic rings. The molecule has 4 heteroatoms. The minimum atomic E-state index is -0.151. The quantitative estimate of drug-likeness (QED) is 0.731. The lowest BCUT2D eigenvalue weighted by atomic mass is 10.1. The molecule has 0 spiro atoms. The van der Waals surface area contributed by atoms with Gasteiger partial charge in [-0.15, -0.1) is 0 Å². The van der Waals surface area contributed by atoms with Crippen molar-refractivity contribution in [1.29, 1.82) is 0 Å². The number of rotatable bonds is 2. The molecule has 0 aliphatic heterocycles. The molecule has 0 atom stereocenters. The van der Waals surface area contributed by atoms with Crippen LogP contribution in [-0.2, 0) is 7.05 Å². The zero-order chi connectivity index (χ0) is 15.9. The van der Waals surface area contributed by atoms with E-state index in [1.807, 2.05) is 68.1 Å². The molecular weight excluding hydrogens is 296 g/mol. The Balaban J connectivity index is 2.00. The highest BCUT2D eigenvalue weighted by atomic mass is 35.5. The normalized spacial score (nSPS) is 10.9. The van der Waals surface area contributed by atoms with Gasteiger partial charge in [0.25, 0.3) is 5.91 Å². The summed E-state index contributed by atoms with van der Waals surface area (Å²) in [5.74, 6) is -0.151. The second-order valence-electron chi connectivity index (χ2n) is 5.61. The van der Waals surface area contributed by atoms with Crippen molar-refractivity contribution in [3.63, 3.8) is 0 Å². The third kappa shape index (κ3) is 2.60. The number of aryl methyl sites for hydroxylation is 3. The lowest BCUT2D eigenvalue weighted by molar-refractivity contribution is 0.102. The van der Waals surface area contributed by atoms with Crippen molar-refractivity contribution in [2.24, 2.45) is 7.05 Å². The molecule has 3 nitrogen and oxygen atoms in total.